The average molecular weight is 500 g/mol. The Bertz CT molecular complexity index is 980. The van der Waals surface area contributed by atoms with E-state index in [2.05, 4.69) is 25.4 Å². The second kappa shape index (κ2) is 9.09. The van der Waals surface area contributed by atoms with Crippen molar-refractivity contribution >= 4 is 31.9 Å². The van der Waals surface area contributed by atoms with Crippen molar-refractivity contribution in [2.24, 2.45) is 0 Å². The van der Waals surface area contributed by atoms with E-state index in [0.29, 0.717) is 5.56 Å². The van der Waals surface area contributed by atoms with Crippen molar-refractivity contribution in [1.82, 2.24) is 4.72 Å². The van der Waals surface area contributed by atoms with Gasteiger partial charge >= 0.3 is 12.3 Å². The molecule has 0 amide bonds. The lowest BCUT2D eigenvalue weighted by Crippen LogP contribution is -2.43. The van der Waals surface area contributed by atoms with Gasteiger partial charge in [-0.2, -0.15) is 4.72 Å². The van der Waals surface area contributed by atoms with E-state index in [0.717, 1.165) is 31.4 Å². The van der Waals surface area contributed by atoms with Gasteiger partial charge in [-0.25, -0.2) is 12.8 Å². The first-order valence-corrected chi connectivity index (χ1v) is 10.1. The smallest absolute Gasteiger partial charge is 0.468 e. The van der Waals surface area contributed by atoms with Crippen molar-refractivity contribution in [3.8, 4) is 5.75 Å². The Hall–Kier alpha value is -2.18. The van der Waals surface area contributed by atoms with Gasteiger partial charge in [-0.05, 0) is 42.3 Å². The predicted molar refractivity (Wildman–Crippen MR) is 97.1 cm³/mol. The number of methoxy groups -OCH3 is 1. The molecule has 2 aromatic rings. The van der Waals surface area contributed by atoms with E-state index in [-0.39, 0.29) is 10.9 Å². The number of carbonyl (C=O) groups is 1. The van der Waals surface area contributed by atoms with Crippen LogP contribution in [0.2, 0.25) is 0 Å². The van der Waals surface area contributed by atoms with Crippen LogP contribution in [0.1, 0.15) is 5.56 Å². The molecular formula is C17H14BrF4NO5S. The van der Waals surface area contributed by atoms with Gasteiger partial charge in [0, 0.05) is 4.47 Å². The number of alkyl halides is 3. The van der Waals surface area contributed by atoms with Gasteiger partial charge in [-0.15, -0.1) is 13.2 Å². The highest BCUT2D eigenvalue weighted by Crippen LogP contribution is 2.32. The highest BCUT2D eigenvalue weighted by atomic mass is 79.9. The summed E-state index contributed by atoms with van der Waals surface area (Å²) in [6.07, 6.45) is -5.36. The standard InChI is InChI=1S/C17H14BrF4NO5S/c1-27-16(24)13(8-10-2-5-12(19)6-3-10)23-29(25,26)15-7-4-11(18)9-14(15)28-17(20,21)22/h2-7,9,13,23H,8H2,1H3. The summed E-state index contributed by atoms with van der Waals surface area (Å²) in [6, 6.07) is 6.33. The number of hydrogen-bond acceptors (Lipinski definition) is 5. The van der Waals surface area contributed by atoms with Crippen LogP contribution in [-0.2, 0) is 26.0 Å². The number of rotatable bonds is 7. The number of halogens is 5. The van der Waals surface area contributed by atoms with Gasteiger partial charge in [0.15, 0.2) is 5.75 Å². The van der Waals surface area contributed by atoms with Crippen molar-refractivity contribution < 1.29 is 40.2 Å². The SMILES string of the molecule is COC(=O)C(Cc1ccc(F)cc1)NS(=O)(=O)c1ccc(Br)cc1OC(F)(F)F. The Morgan fingerprint density at radius 3 is 2.34 bits per heavy atom. The molecule has 0 saturated heterocycles. The zero-order valence-electron chi connectivity index (χ0n) is 14.7. The number of carbonyl (C=O) groups excluding carboxylic acids is 1. The number of nitrogens with one attached hydrogen (secondary N) is 1. The maximum Gasteiger partial charge on any atom is 0.573 e. The van der Waals surface area contributed by atoms with Crippen LogP contribution in [0.5, 0.6) is 5.75 Å². The van der Waals surface area contributed by atoms with Gasteiger partial charge in [-0.3, -0.25) is 4.79 Å². The molecule has 2 rings (SSSR count). The quantitative estimate of drug-likeness (QED) is 0.465. The summed E-state index contributed by atoms with van der Waals surface area (Å²) in [5, 5.41) is 0. The van der Waals surface area contributed by atoms with Crippen molar-refractivity contribution in [2.75, 3.05) is 7.11 Å². The van der Waals surface area contributed by atoms with Gasteiger partial charge in [0.05, 0.1) is 7.11 Å². The molecule has 158 valence electrons. The lowest BCUT2D eigenvalue weighted by Gasteiger charge is -2.19. The van der Waals surface area contributed by atoms with E-state index in [1.165, 1.54) is 18.2 Å². The molecular weight excluding hydrogens is 486 g/mol. The van der Waals surface area contributed by atoms with E-state index in [9.17, 15) is 30.8 Å². The summed E-state index contributed by atoms with van der Waals surface area (Å²) < 4.78 is 86.9. The van der Waals surface area contributed by atoms with Crippen molar-refractivity contribution in [2.45, 2.75) is 23.7 Å². The zero-order chi connectivity index (χ0) is 21.8. The monoisotopic (exact) mass is 499 g/mol. The Morgan fingerprint density at radius 2 is 1.79 bits per heavy atom. The summed E-state index contributed by atoms with van der Waals surface area (Å²) in [5.74, 6) is -2.49. The molecule has 2 aromatic carbocycles. The minimum Gasteiger partial charge on any atom is -0.468 e. The van der Waals surface area contributed by atoms with Gasteiger partial charge in [0.1, 0.15) is 16.8 Å². The van der Waals surface area contributed by atoms with Crippen LogP contribution in [0.3, 0.4) is 0 Å². The van der Waals surface area contributed by atoms with E-state index in [1.807, 2.05) is 4.72 Å². The van der Waals surface area contributed by atoms with Gasteiger partial charge in [0.25, 0.3) is 0 Å². The summed E-state index contributed by atoms with van der Waals surface area (Å²) in [7, 11) is -3.61. The van der Waals surface area contributed by atoms with Crippen LogP contribution in [0.4, 0.5) is 17.6 Å². The number of esters is 1. The van der Waals surface area contributed by atoms with Gasteiger partial charge in [0.2, 0.25) is 10.0 Å². The van der Waals surface area contributed by atoms with Gasteiger partial charge < -0.3 is 9.47 Å². The molecule has 6 nitrogen and oxygen atoms in total. The molecule has 0 heterocycles. The second-order valence-corrected chi connectivity index (χ2v) is 8.26. The summed E-state index contributed by atoms with van der Waals surface area (Å²) in [5.41, 5.74) is 0.395. The van der Waals surface area contributed by atoms with Crippen LogP contribution in [0, 0.1) is 5.82 Å². The maximum atomic E-state index is 13.0. The first-order chi connectivity index (χ1) is 13.4. The molecule has 0 saturated carbocycles. The fourth-order valence-electron chi connectivity index (χ4n) is 2.33. The molecule has 0 bridgehead atoms. The average Bonchev–Trinajstić information content (AvgIpc) is 2.60. The van der Waals surface area contributed by atoms with Crippen LogP contribution in [0.25, 0.3) is 0 Å². The fourth-order valence-corrected chi connectivity index (χ4v) is 3.96. The molecule has 0 aliphatic heterocycles. The Labute approximate surface area is 172 Å². The minimum atomic E-state index is -5.14. The Kier molecular flexibility index (Phi) is 7.25. The highest BCUT2D eigenvalue weighted by Gasteiger charge is 2.35. The fraction of sp³-hybridized carbons (Fsp3) is 0.235. The topological polar surface area (TPSA) is 81.7 Å². The van der Waals surface area contributed by atoms with E-state index in [1.54, 1.807) is 0 Å². The molecule has 0 aliphatic rings. The van der Waals surface area contributed by atoms with Crippen LogP contribution >= 0.6 is 15.9 Å². The number of benzene rings is 2. The van der Waals surface area contributed by atoms with Crippen molar-refractivity contribution in [3.05, 3.63) is 58.3 Å². The lowest BCUT2D eigenvalue weighted by atomic mass is 10.1. The minimum absolute atomic E-state index is 0.145. The number of ether oxygens (including phenoxy) is 2. The molecule has 29 heavy (non-hydrogen) atoms. The predicted octanol–water partition coefficient (Wildman–Crippen LogP) is 3.55. The summed E-state index contributed by atoms with van der Waals surface area (Å²) in [4.78, 5) is 11.2. The molecule has 0 aromatic heterocycles. The molecule has 0 spiro atoms. The molecule has 12 heteroatoms. The first kappa shape index (κ1) is 23.1. The Morgan fingerprint density at radius 1 is 1.17 bits per heavy atom. The van der Waals surface area contributed by atoms with Crippen LogP contribution in [-0.4, -0.2) is 33.9 Å². The van der Waals surface area contributed by atoms with Gasteiger partial charge in [-0.1, -0.05) is 28.1 Å². The van der Waals surface area contributed by atoms with Crippen LogP contribution < -0.4 is 9.46 Å². The van der Waals surface area contributed by atoms with Crippen molar-refractivity contribution in [3.63, 3.8) is 0 Å². The zero-order valence-corrected chi connectivity index (χ0v) is 17.1. The molecule has 0 aliphatic carbocycles. The first-order valence-electron chi connectivity index (χ1n) is 7.81. The summed E-state index contributed by atoms with van der Waals surface area (Å²) in [6.45, 7) is 0. The molecule has 1 atom stereocenters. The maximum absolute atomic E-state index is 13.0. The molecule has 1 N–H and O–H groups in total. The number of sulfonamides is 1. The van der Waals surface area contributed by atoms with Crippen molar-refractivity contribution in [1.29, 1.82) is 0 Å². The van der Waals surface area contributed by atoms with E-state index < -0.39 is 44.9 Å². The normalized spacial score (nSPS) is 13.0. The third kappa shape index (κ3) is 6.68. The largest absolute Gasteiger partial charge is 0.573 e. The third-order valence-corrected chi connectivity index (χ3v) is 5.56. The molecule has 0 fully saturated rings. The van der Waals surface area contributed by atoms with E-state index in [4.69, 9.17) is 0 Å². The highest BCUT2D eigenvalue weighted by molar-refractivity contribution is 9.10. The van der Waals surface area contributed by atoms with Crippen LogP contribution in [0.15, 0.2) is 51.8 Å². The lowest BCUT2D eigenvalue weighted by molar-refractivity contribution is -0.275. The summed E-state index contributed by atoms with van der Waals surface area (Å²) >= 11 is 2.94. The molecule has 0 radical (unpaired) electrons. The number of hydrogen-bond donors (Lipinski definition) is 1. The van der Waals surface area contributed by atoms with E-state index >= 15 is 0 Å². The Balaban J connectivity index is 2.37. The molecule has 1 unspecified atom stereocenters. The second-order valence-electron chi connectivity index (χ2n) is 5.67. The third-order valence-electron chi connectivity index (χ3n) is 3.56.